The smallest absolute Gasteiger partial charge is 0.264 e. The van der Waals surface area contributed by atoms with Gasteiger partial charge in [0.1, 0.15) is 23.7 Å². The van der Waals surface area contributed by atoms with Crippen LogP contribution < -0.4 is 10.1 Å². The molecule has 1 amide bonds. The van der Waals surface area contributed by atoms with Gasteiger partial charge < -0.3 is 15.0 Å². The number of nitrogens with one attached hydrogen (secondary N) is 1. The lowest BCUT2D eigenvalue weighted by molar-refractivity contribution is -0.131. The van der Waals surface area contributed by atoms with Gasteiger partial charge in [-0.05, 0) is 30.2 Å². The Morgan fingerprint density at radius 1 is 1.36 bits per heavy atom. The molecule has 4 heterocycles. The number of hydrogen-bond donors (Lipinski definition) is 1. The number of alkyl halides is 3. The van der Waals surface area contributed by atoms with Gasteiger partial charge in [0.25, 0.3) is 5.92 Å². The van der Waals surface area contributed by atoms with Crippen LogP contribution >= 0.6 is 0 Å². The Bertz CT molecular complexity index is 1530. The molecule has 1 aliphatic heterocycles. The summed E-state index contributed by atoms with van der Waals surface area (Å²) in [5.41, 5.74) is 2.73. The van der Waals surface area contributed by atoms with Crippen LogP contribution in [-0.2, 0) is 11.3 Å². The summed E-state index contributed by atoms with van der Waals surface area (Å²) >= 11 is 0. The minimum Gasteiger partial charge on any atom is -0.479 e. The fourth-order valence-corrected chi connectivity index (χ4v) is 4.36. The fourth-order valence-electron chi connectivity index (χ4n) is 4.36. The number of likely N-dealkylation sites (tertiary alicyclic amines) is 1. The molecule has 36 heavy (non-hydrogen) atoms. The summed E-state index contributed by atoms with van der Waals surface area (Å²) in [6.45, 7) is -2.93. The minimum absolute atomic E-state index is 0.0697. The molecular formula is C23H25F3N8O2. The van der Waals surface area contributed by atoms with E-state index in [0.717, 1.165) is 16.5 Å². The van der Waals surface area contributed by atoms with Crippen molar-refractivity contribution in [2.24, 2.45) is 0 Å². The number of piperidine rings is 1. The summed E-state index contributed by atoms with van der Waals surface area (Å²) in [7, 11) is 1.42. The van der Waals surface area contributed by atoms with Crippen molar-refractivity contribution in [2.45, 2.75) is 44.9 Å². The van der Waals surface area contributed by atoms with Crippen molar-refractivity contribution >= 4 is 28.4 Å². The van der Waals surface area contributed by atoms with E-state index in [1.165, 1.54) is 11.6 Å². The van der Waals surface area contributed by atoms with E-state index >= 15 is 0 Å². The molecule has 3 aromatic heterocycles. The number of halogens is 3. The monoisotopic (exact) mass is 505 g/mol. The molecule has 13 heteroatoms. The lowest BCUT2D eigenvalue weighted by atomic mass is 10.0. The van der Waals surface area contributed by atoms with Crippen LogP contribution in [0.5, 0.6) is 5.88 Å². The third-order valence-corrected chi connectivity index (χ3v) is 6.07. The van der Waals surface area contributed by atoms with Crippen LogP contribution in [0.25, 0.3) is 27.7 Å². The molecule has 0 saturated carbocycles. The van der Waals surface area contributed by atoms with Crippen molar-refractivity contribution < 1.29 is 26.8 Å². The van der Waals surface area contributed by atoms with E-state index in [4.69, 9.17) is 8.85 Å². The maximum Gasteiger partial charge on any atom is 0.264 e. The standard InChI is InChI=1S/C23H25F3N8O2/c1-13(35)32-8-7-17(16(24)11-32)27-22-28-21(36-3)20-15(6-9-33(20)30-22)14-4-5-18-19(10-14)34(31-29-18)12-23(2,25)26/h4-6,9-10,16-17H,7-8,11-12H2,1-3H3,(H,27,30)/t16-,17+/m1/s1/i1D3. The van der Waals surface area contributed by atoms with E-state index < -0.39 is 37.4 Å². The second-order valence-electron chi connectivity index (χ2n) is 8.79. The highest BCUT2D eigenvalue weighted by Gasteiger charge is 2.31. The molecule has 5 rings (SSSR count). The highest BCUT2D eigenvalue weighted by atomic mass is 19.3. The Labute approximate surface area is 208 Å². The molecule has 0 bridgehead atoms. The Kier molecular flexibility index (Phi) is 5.05. The number of carbonyl (C=O) groups is 1. The third kappa shape index (κ3) is 4.52. The summed E-state index contributed by atoms with van der Waals surface area (Å²) < 4.78 is 72.1. The first kappa shape index (κ1) is 20.3. The molecule has 1 N–H and O–H groups in total. The quantitative estimate of drug-likeness (QED) is 0.429. The Morgan fingerprint density at radius 3 is 2.92 bits per heavy atom. The molecule has 0 radical (unpaired) electrons. The summed E-state index contributed by atoms with van der Waals surface area (Å²) in [5.74, 6) is -3.79. The van der Waals surface area contributed by atoms with Crippen LogP contribution in [-0.4, -0.2) is 78.7 Å². The average molecular weight is 506 g/mol. The number of methoxy groups -OCH3 is 1. The van der Waals surface area contributed by atoms with Gasteiger partial charge in [-0.15, -0.1) is 10.2 Å². The number of benzene rings is 1. The second kappa shape index (κ2) is 8.95. The number of fused-ring (bicyclic) bond motifs is 2. The van der Waals surface area contributed by atoms with Gasteiger partial charge in [0, 0.05) is 36.2 Å². The second-order valence-corrected chi connectivity index (χ2v) is 8.79. The first-order valence-corrected chi connectivity index (χ1v) is 11.2. The zero-order chi connectivity index (χ0) is 28.1. The summed E-state index contributed by atoms with van der Waals surface area (Å²) in [6, 6.07) is 6.16. The van der Waals surface area contributed by atoms with Crippen molar-refractivity contribution in [3.63, 3.8) is 0 Å². The average Bonchev–Trinajstić information content (AvgIpc) is 3.46. The zero-order valence-corrected chi connectivity index (χ0v) is 19.5. The topological polar surface area (TPSA) is 102 Å². The molecule has 1 fully saturated rings. The number of aromatic nitrogens is 6. The molecule has 0 aliphatic carbocycles. The van der Waals surface area contributed by atoms with E-state index in [2.05, 4.69) is 25.7 Å². The van der Waals surface area contributed by atoms with E-state index in [9.17, 15) is 18.0 Å². The van der Waals surface area contributed by atoms with Gasteiger partial charge in [-0.25, -0.2) is 22.4 Å². The summed E-state index contributed by atoms with van der Waals surface area (Å²) in [6.07, 6.45) is 0.267. The SMILES string of the molecule is [2H]C([2H])([2H])C(=O)N1CC[C@H](Nc2nc(OC)c3c(-c4ccc5nnn(CC(C)(F)F)c5c4)ccn3n2)[C@H](F)C1. The van der Waals surface area contributed by atoms with Crippen LogP contribution in [0.3, 0.4) is 0 Å². The third-order valence-electron chi connectivity index (χ3n) is 6.07. The zero-order valence-electron chi connectivity index (χ0n) is 22.5. The maximum atomic E-state index is 14.9. The van der Waals surface area contributed by atoms with Crippen LogP contribution in [0, 0.1) is 0 Å². The van der Waals surface area contributed by atoms with Gasteiger partial charge in [-0.2, -0.15) is 4.98 Å². The van der Waals surface area contributed by atoms with Crippen molar-refractivity contribution in [2.75, 3.05) is 25.5 Å². The number of anilines is 1. The molecular weight excluding hydrogens is 477 g/mol. The fraction of sp³-hybridized carbons (Fsp3) is 0.435. The highest BCUT2D eigenvalue weighted by Crippen LogP contribution is 2.33. The maximum absolute atomic E-state index is 14.9. The predicted octanol–water partition coefficient (Wildman–Crippen LogP) is 3.18. The normalized spacial score (nSPS) is 20.2. The first-order chi connectivity index (χ1) is 18.3. The van der Waals surface area contributed by atoms with Crippen LogP contribution in [0.15, 0.2) is 30.5 Å². The number of hydrogen-bond acceptors (Lipinski definition) is 7. The number of nitrogens with zero attached hydrogens (tertiary/aromatic N) is 7. The van der Waals surface area contributed by atoms with Gasteiger partial charge in [0.05, 0.1) is 25.2 Å². The van der Waals surface area contributed by atoms with Crippen LogP contribution in [0.4, 0.5) is 19.1 Å². The minimum atomic E-state index is -2.97. The molecule has 190 valence electrons. The molecule has 0 unspecified atom stereocenters. The van der Waals surface area contributed by atoms with Crippen LogP contribution in [0.2, 0.25) is 0 Å². The first-order valence-electron chi connectivity index (χ1n) is 12.7. The van der Waals surface area contributed by atoms with Crippen molar-refractivity contribution in [3.05, 3.63) is 30.5 Å². The van der Waals surface area contributed by atoms with Crippen molar-refractivity contribution in [3.8, 4) is 17.0 Å². The van der Waals surface area contributed by atoms with E-state index in [0.29, 0.717) is 27.7 Å². The number of ether oxygens (including phenoxy) is 1. The lowest BCUT2D eigenvalue weighted by Gasteiger charge is -2.34. The molecule has 4 aromatic rings. The van der Waals surface area contributed by atoms with Gasteiger partial charge in [-0.3, -0.25) is 4.79 Å². The largest absolute Gasteiger partial charge is 0.479 e. The van der Waals surface area contributed by atoms with E-state index in [-0.39, 0.29) is 31.3 Å². The van der Waals surface area contributed by atoms with Crippen molar-refractivity contribution in [1.29, 1.82) is 0 Å². The predicted molar refractivity (Wildman–Crippen MR) is 126 cm³/mol. The molecule has 1 aromatic carbocycles. The molecule has 0 spiro atoms. The Hall–Kier alpha value is -3.90. The van der Waals surface area contributed by atoms with Gasteiger partial charge in [-0.1, -0.05) is 11.3 Å². The van der Waals surface area contributed by atoms with Gasteiger partial charge in [0.2, 0.25) is 17.7 Å². The summed E-state index contributed by atoms with van der Waals surface area (Å²) in [4.78, 5) is 17.4. The number of rotatable bonds is 6. The lowest BCUT2D eigenvalue weighted by Crippen LogP contribution is -2.49. The Morgan fingerprint density at radius 2 is 2.19 bits per heavy atom. The molecule has 2 atom stereocenters. The molecule has 10 nitrogen and oxygen atoms in total. The molecule has 1 aliphatic rings. The highest BCUT2D eigenvalue weighted by molar-refractivity contribution is 5.89. The summed E-state index contributed by atoms with van der Waals surface area (Å²) in [5, 5.41) is 15.1. The number of carbonyl (C=O) groups excluding carboxylic acids is 1. The van der Waals surface area contributed by atoms with Gasteiger partial charge >= 0.3 is 0 Å². The molecule has 1 saturated heterocycles. The van der Waals surface area contributed by atoms with Gasteiger partial charge in [0.15, 0.2) is 0 Å². The van der Waals surface area contributed by atoms with Crippen molar-refractivity contribution in [1.82, 2.24) is 34.5 Å². The Balaban J connectivity index is 1.42. The van der Waals surface area contributed by atoms with E-state index in [1.54, 1.807) is 30.5 Å². The van der Waals surface area contributed by atoms with Crippen LogP contribution in [0.1, 0.15) is 24.3 Å². The van der Waals surface area contributed by atoms with E-state index in [1.807, 2.05) is 0 Å². The number of amides is 1.